The predicted octanol–water partition coefficient (Wildman–Crippen LogP) is -0.0780. The summed E-state index contributed by atoms with van der Waals surface area (Å²) in [6.45, 7) is 2.33. The molecule has 0 radical (unpaired) electrons. The fourth-order valence-electron chi connectivity index (χ4n) is 2.33. The normalized spacial score (nSPS) is 12.0. The van der Waals surface area contributed by atoms with Crippen molar-refractivity contribution < 1.29 is 33.9 Å². The lowest BCUT2D eigenvalue weighted by Crippen LogP contribution is -2.42. The molecule has 0 aliphatic carbocycles. The van der Waals surface area contributed by atoms with Crippen molar-refractivity contribution in [1.29, 1.82) is 1.12 Å². The highest BCUT2D eigenvalue weighted by Gasteiger charge is 2.21. The molecule has 0 aromatic carbocycles. The Balaban J connectivity index is 3.92. The molecular weight excluding hydrogens is 579 g/mol. The number of carboxylic acid groups (broad SMARTS) is 1. The fourth-order valence-corrected chi connectivity index (χ4v) is 4.51. The maximum absolute atomic E-state index is 12.0. The van der Waals surface area contributed by atoms with Crippen LogP contribution in [0.1, 0.15) is 39.0 Å². The number of hydrogen-bond donors (Lipinski definition) is 7. The summed E-state index contributed by atoms with van der Waals surface area (Å²) in [7, 11) is 3.78. The van der Waals surface area contributed by atoms with Gasteiger partial charge in [0.25, 0.3) is 5.91 Å². The maximum Gasteiger partial charge on any atom is 0.326 e. The molecule has 6 N–H and O–H groups in total. The van der Waals surface area contributed by atoms with Crippen LogP contribution in [0.5, 0.6) is 0 Å². The highest BCUT2D eigenvalue weighted by Crippen LogP contribution is 2.19. The third-order valence-corrected chi connectivity index (χ3v) is 7.20. The SMILES string of the molecule is [3H]SSCCNC(=O)CCCC(=O)N/N=C/C(=O)NCCSSCC(=O)NC(CCC(=O)N/N=C/C)C(=O)O. The quantitative estimate of drug-likeness (QED) is 0.0284. The summed E-state index contributed by atoms with van der Waals surface area (Å²) >= 11 is 0.877. The first kappa shape index (κ1) is 33.6. The number of hydrazone groups is 2. The molecule has 38 heavy (non-hydrogen) atoms. The number of rotatable bonds is 22. The second-order valence-electron chi connectivity index (χ2n) is 7.11. The summed E-state index contributed by atoms with van der Waals surface area (Å²) in [6.07, 6.45) is 2.68. The van der Waals surface area contributed by atoms with Gasteiger partial charge in [-0.15, -0.1) is 11.6 Å². The first-order chi connectivity index (χ1) is 18.7. The average molecular weight is 614 g/mol. The van der Waals surface area contributed by atoms with Crippen LogP contribution in [0.4, 0.5) is 0 Å². The molecule has 0 bridgehead atoms. The molecule has 5 amide bonds. The van der Waals surface area contributed by atoms with E-state index < -0.39 is 35.6 Å². The van der Waals surface area contributed by atoms with Crippen molar-refractivity contribution in [1.82, 2.24) is 26.8 Å². The Morgan fingerprint density at radius 2 is 1.61 bits per heavy atom. The molecule has 0 aliphatic rings. The van der Waals surface area contributed by atoms with Crippen molar-refractivity contribution >= 4 is 91.9 Å². The van der Waals surface area contributed by atoms with E-state index in [1.807, 2.05) is 0 Å². The Morgan fingerprint density at radius 1 is 0.921 bits per heavy atom. The van der Waals surface area contributed by atoms with Gasteiger partial charge in [-0.1, -0.05) is 32.4 Å². The van der Waals surface area contributed by atoms with Crippen molar-refractivity contribution in [3.05, 3.63) is 0 Å². The topological polar surface area (TPSA) is 208 Å². The van der Waals surface area contributed by atoms with Crippen molar-refractivity contribution in [2.24, 2.45) is 10.2 Å². The summed E-state index contributed by atoms with van der Waals surface area (Å²) in [5.74, 6) is -2.29. The van der Waals surface area contributed by atoms with Crippen LogP contribution in [0.3, 0.4) is 0 Å². The lowest BCUT2D eigenvalue weighted by Gasteiger charge is -2.13. The van der Waals surface area contributed by atoms with Gasteiger partial charge in [-0.2, -0.15) is 10.2 Å². The van der Waals surface area contributed by atoms with Crippen LogP contribution >= 0.6 is 43.9 Å². The Kier molecular flexibility index (Phi) is 20.9. The molecule has 0 aromatic rings. The number of nitrogens with one attached hydrogen (secondary N) is 5. The van der Waals surface area contributed by atoms with Crippen LogP contribution in [0.15, 0.2) is 10.2 Å². The molecule has 0 fully saturated rings. The van der Waals surface area contributed by atoms with Gasteiger partial charge in [0.1, 0.15) is 13.4 Å². The Labute approximate surface area is 238 Å². The first-order valence-electron chi connectivity index (χ1n) is 11.7. The second kappa shape index (κ2) is 23.7. The Morgan fingerprint density at radius 3 is 2.32 bits per heavy atom. The highest BCUT2D eigenvalue weighted by atomic mass is 33.1. The third-order valence-electron chi connectivity index (χ3n) is 4.06. The summed E-state index contributed by atoms with van der Waals surface area (Å²) in [6, 6.07) is -1.20. The molecule has 214 valence electrons. The van der Waals surface area contributed by atoms with Crippen LogP contribution in [-0.2, 0) is 28.8 Å². The lowest BCUT2D eigenvalue weighted by molar-refractivity contribution is -0.141. The highest BCUT2D eigenvalue weighted by molar-refractivity contribution is 8.76. The molecule has 1 unspecified atom stereocenters. The maximum atomic E-state index is 12.0. The van der Waals surface area contributed by atoms with E-state index in [1.54, 1.807) is 6.92 Å². The summed E-state index contributed by atoms with van der Waals surface area (Å²) in [4.78, 5) is 69.8. The van der Waals surface area contributed by atoms with Gasteiger partial charge in [0, 0.05) is 50.1 Å². The van der Waals surface area contributed by atoms with Gasteiger partial charge in [0.2, 0.25) is 23.6 Å². The minimum absolute atomic E-state index is 0.0197. The molecule has 0 aromatic heterocycles. The molecule has 0 rings (SSSR count). The fraction of sp³-hybridized carbons (Fsp3) is 0.600. The zero-order valence-electron chi connectivity index (χ0n) is 21.7. The van der Waals surface area contributed by atoms with Crippen molar-refractivity contribution in [3.8, 4) is 0 Å². The van der Waals surface area contributed by atoms with E-state index in [2.05, 4.69) is 37.0 Å². The van der Waals surface area contributed by atoms with Gasteiger partial charge < -0.3 is 21.1 Å². The summed E-state index contributed by atoms with van der Waals surface area (Å²) in [5.41, 5.74) is 4.43. The molecule has 0 saturated carbocycles. The molecule has 18 heteroatoms. The molecule has 0 heterocycles. The number of carbonyl (C=O) groups excluding carboxylic acids is 5. The molecule has 1 atom stereocenters. The van der Waals surface area contributed by atoms with E-state index in [1.165, 1.54) is 38.6 Å². The van der Waals surface area contributed by atoms with Gasteiger partial charge >= 0.3 is 5.97 Å². The number of carboxylic acids is 1. The molecule has 14 nitrogen and oxygen atoms in total. The third kappa shape index (κ3) is 21.6. The number of amides is 5. The van der Waals surface area contributed by atoms with E-state index in [4.69, 9.17) is 1.12 Å². The van der Waals surface area contributed by atoms with Crippen LogP contribution < -0.4 is 26.8 Å². The summed E-state index contributed by atoms with van der Waals surface area (Å²) in [5, 5.41) is 23.9. The largest absolute Gasteiger partial charge is 0.480 e. The number of hydrogen-bond acceptors (Lipinski definition) is 12. The summed E-state index contributed by atoms with van der Waals surface area (Å²) < 4.78 is 6.90. The number of aliphatic carboxylic acids is 1. The van der Waals surface area contributed by atoms with Crippen molar-refractivity contribution in [3.63, 3.8) is 0 Å². The van der Waals surface area contributed by atoms with Gasteiger partial charge in [0.05, 0.1) is 5.75 Å². The van der Waals surface area contributed by atoms with Gasteiger partial charge in [0.15, 0.2) is 0 Å². The van der Waals surface area contributed by atoms with Crippen LogP contribution in [0, 0.1) is 0 Å². The van der Waals surface area contributed by atoms with Gasteiger partial charge in [-0.25, -0.2) is 15.6 Å². The molecule has 0 spiro atoms. The van der Waals surface area contributed by atoms with Crippen molar-refractivity contribution in [2.75, 3.05) is 30.3 Å². The van der Waals surface area contributed by atoms with Gasteiger partial charge in [-0.3, -0.25) is 24.0 Å². The first-order valence-corrected chi connectivity index (χ1v) is 15.7. The predicted molar refractivity (Wildman–Crippen MR) is 154 cm³/mol. The number of nitrogens with zero attached hydrogens (tertiary/aromatic N) is 2. The number of carbonyl (C=O) groups is 6. The smallest absolute Gasteiger partial charge is 0.326 e. The van der Waals surface area contributed by atoms with Crippen LogP contribution in [0.2, 0.25) is 0 Å². The van der Waals surface area contributed by atoms with Crippen LogP contribution in [-0.4, -0.2) is 90.6 Å². The minimum Gasteiger partial charge on any atom is -0.480 e. The second-order valence-corrected chi connectivity index (χ2v) is 11.0. The van der Waals surface area contributed by atoms with E-state index in [-0.39, 0.29) is 43.9 Å². The van der Waals surface area contributed by atoms with E-state index in [9.17, 15) is 33.9 Å². The standard InChI is InChI=1S/C20H33N7O7S4/c1-2-23-26-17(30)7-6-14(20(33)34)25-19(32)13-38-37-11-9-22-18(31)12-24-27-16(29)5-3-4-15(28)21-8-10-36-35/h2,12,14,35H,3-11,13H2,1H3,(H,21,28)(H,22,31)(H,25,32)(H,26,30)(H,27,29)(H,33,34)/b23-2+,24-12+/i/hT. The molecular formula is C20H33N7O7S4. The minimum atomic E-state index is -1.25. The lowest BCUT2D eigenvalue weighted by atomic mass is 10.1. The van der Waals surface area contributed by atoms with E-state index >= 15 is 0 Å². The Hall–Kier alpha value is -2.44. The monoisotopic (exact) mass is 613 g/mol. The Bertz CT molecular complexity index is 868. The van der Waals surface area contributed by atoms with Crippen LogP contribution in [0.25, 0.3) is 0 Å². The zero-order chi connectivity index (χ0) is 29.3. The number of thiol groups is 1. The molecule has 0 saturated heterocycles. The van der Waals surface area contributed by atoms with Gasteiger partial charge in [-0.05, 0) is 19.8 Å². The van der Waals surface area contributed by atoms with E-state index in [0.717, 1.165) is 17.8 Å². The zero-order valence-corrected chi connectivity index (χ0v) is 24.0. The van der Waals surface area contributed by atoms with Crippen molar-refractivity contribution in [2.45, 2.75) is 45.1 Å². The van der Waals surface area contributed by atoms with E-state index in [0.29, 0.717) is 24.5 Å². The molecule has 0 aliphatic heterocycles. The average Bonchev–Trinajstić information content (AvgIpc) is 2.89.